The number of allylic oxidation sites excluding steroid dienone is 1. The number of hydrogen-bond donors (Lipinski definition) is 2. The number of aliphatic carboxylic acids is 3. The second kappa shape index (κ2) is 29.3. The van der Waals surface area contributed by atoms with Crippen LogP contribution in [0.5, 0.6) is 0 Å². The Hall–Kier alpha value is -1.89. The fourth-order valence-corrected chi connectivity index (χ4v) is 6.13. The molecule has 0 aliphatic rings. The number of carbonyl (C=O) groups is 3. The van der Waals surface area contributed by atoms with Crippen LogP contribution >= 0.6 is 0 Å². The lowest BCUT2D eigenvalue weighted by molar-refractivity contribution is -0.924. The van der Waals surface area contributed by atoms with Gasteiger partial charge in [0.25, 0.3) is 0 Å². The van der Waals surface area contributed by atoms with Crippen molar-refractivity contribution in [2.75, 3.05) is 26.2 Å². The van der Waals surface area contributed by atoms with Gasteiger partial charge in [0.1, 0.15) is 0 Å². The van der Waals surface area contributed by atoms with E-state index in [1.807, 2.05) is 0 Å². The van der Waals surface area contributed by atoms with Crippen molar-refractivity contribution in [3.63, 3.8) is 0 Å². The fraction of sp³-hybridized carbons (Fsp3) is 0.872. The van der Waals surface area contributed by atoms with Crippen LogP contribution in [-0.4, -0.2) is 58.8 Å². The summed E-state index contributed by atoms with van der Waals surface area (Å²) in [5.74, 6) is -4.42. The van der Waals surface area contributed by atoms with Crippen molar-refractivity contribution in [1.82, 2.24) is 0 Å². The molecular formula is C39H73NO6. The Labute approximate surface area is 283 Å². The van der Waals surface area contributed by atoms with Gasteiger partial charge in [-0.3, -0.25) is 9.59 Å². The molecule has 0 spiro atoms. The molecule has 7 heteroatoms. The minimum atomic E-state index is -1.09. The topological polar surface area (TPSA) is 115 Å². The molecule has 7 nitrogen and oxygen atoms in total. The average molecular weight is 652 g/mol. The zero-order valence-electron chi connectivity index (χ0n) is 30.5. The fourth-order valence-electron chi connectivity index (χ4n) is 6.13. The monoisotopic (exact) mass is 652 g/mol. The normalized spacial score (nSPS) is 15.0. The highest BCUT2D eigenvalue weighted by molar-refractivity contribution is 5.69. The van der Waals surface area contributed by atoms with Gasteiger partial charge in [0.15, 0.2) is 0 Å². The van der Waals surface area contributed by atoms with Crippen molar-refractivity contribution in [1.29, 1.82) is 0 Å². The van der Waals surface area contributed by atoms with E-state index in [1.54, 1.807) is 20.8 Å². The van der Waals surface area contributed by atoms with E-state index in [9.17, 15) is 29.7 Å². The smallest absolute Gasteiger partial charge is 0.306 e. The van der Waals surface area contributed by atoms with Gasteiger partial charge in [-0.2, -0.15) is 0 Å². The third-order valence-electron chi connectivity index (χ3n) is 9.99. The summed E-state index contributed by atoms with van der Waals surface area (Å²) in [5, 5.41) is 30.3. The molecule has 0 heterocycles. The van der Waals surface area contributed by atoms with Crippen LogP contribution < -0.4 is 5.11 Å². The Morgan fingerprint density at radius 2 is 0.870 bits per heavy atom. The molecule has 0 radical (unpaired) electrons. The van der Waals surface area contributed by atoms with Crippen LogP contribution in [0.15, 0.2) is 12.2 Å². The molecule has 0 amide bonds. The number of carbonyl (C=O) groups excluding carboxylic acids is 1. The number of quaternary nitrogens is 1. The number of rotatable bonds is 34. The Morgan fingerprint density at radius 3 is 1.20 bits per heavy atom. The van der Waals surface area contributed by atoms with Gasteiger partial charge in [-0.15, -0.1) is 0 Å². The van der Waals surface area contributed by atoms with Gasteiger partial charge in [-0.25, -0.2) is 0 Å². The highest BCUT2D eigenvalue weighted by Gasteiger charge is 2.30. The molecule has 0 rings (SSSR count). The van der Waals surface area contributed by atoms with E-state index in [0.717, 1.165) is 12.8 Å². The van der Waals surface area contributed by atoms with Crippen LogP contribution in [0.4, 0.5) is 0 Å². The molecule has 0 aromatic heterocycles. The summed E-state index contributed by atoms with van der Waals surface area (Å²) in [6.45, 7) is 9.64. The average Bonchev–Trinajstić information content (AvgIpc) is 3.03. The Morgan fingerprint density at radius 1 is 0.543 bits per heavy atom. The molecule has 3 unspecified atom stereocenters. The van der Waals surface area contributed by atoms with Crippen LogP contribution in [0.1, 0.15) is 175 Å². The second-order valence-electron chi connectivity index (χ2n) is 14.4. The van der Waals surface area contributed by atoms with E-state index in [4.69, 9.17) is 0 Å². The molecule has 0 aromatic rings. The maximum absolute atomic E-state index is 11.5. The minimum Gasteiger partial charge on any atom is -0.550 e. The maximum Gasteiger partial charge on any atom is 0.306 e. The summed E-state index contributed by atoms with van der Waals surface area (Å²) < 4.78 is 0.503. The first-order valence-corrected chi connectivity index (χ1v) is 19.2. The summed E-state index contributed by atoms with van der Waals surface area (Å²) in [6, 6.07) is 0. The van der Waals surface area contributed by atoms with Crippen LogP contribution in [0.2, 0.25) is 0 Å². The molecule has 0 bridgehead atoms. The number of hydrogen-bond acceptors (Lipinski definition) is 4. The molecule has 270 valence electrons. The number of nitrogens with zero attached hydrogens (tertiary/aromatic N) is 1. The van der Waals surface area contributed by atoms with E-state index >= 15 is 0 Å². The lowest BCUT2D eigenvalue weighted by atomic mass is 10.0. The van der Waals surface area contributed by atoms with Crippen molar-refractivity contribution in [3.8, 4) is 0 Å². The molecule has 0 fully saturated rings. The summed E-state index contributed by atoms with van der Waals surface area (Å²) in [4.78, 5) is 34.4. The Bertz CT molecular complexity index is 738. The molecule has 0 aromatic carbocycles. The van der Waals surface area contributed by atoms with Crippen LogP contribution in [0, 0.1) is 17.8 Å². The van der Waals surface area contributed by atoms with Gasteiger partial charge in [0.2, 0.25) is 0 Å². The summed E-state index contributed by atoms with van der Waals surface area (Å²) in [6.07, 6.45) is 32.6. The van der Waals surface area contributed by atoms with Crippen molar-refractivity contribution in [2.24, 2.45) is 17.8 Å². The van der Waals surface area contributed by atoms with E-state index in [0.29, 0.717) is 49.9 Å². The number of unbranched alkanes of at least 4 members (excludes halogenated alkanes) is 19. The van der Waals surface area contributed by atoms with Crippen molar-refractivity contribution in [3.05, 3.63) is 12.2 Å². The molecule has 3 atom stereocenters. The van der Waals surface area contributed by atoms with Gasteiger partial charge >= 0.3 is 11.9 Å². The predicted molar refractivity (Wildman–Crippen MR) is 189 cm³/mol. The molecule has 0 saturated carbocycles. The molecule has 46 heavy (non-hydrogen) atoms. The zero-order valence-corrected chi connectivity index (χ0v) is 30.5. The van der Waals surface area contributed by atoms with Crippen LogP contribution in [0.25, 0.3) is 0 Å². The lowest BCUT2D eigenvalue weighted by Gasteiger charge is -2.40. The van der Waals surface area contributed by atoms with Crippen molar-refractivity contribution in [2.45, 2.75) is 175 Å². The molecular weight excluding hydrogens is 578 g/mol. The van der Waals surface area contributed by atoms with Gasteiger partial charge in [-0.05, 0) is 18.9 Å². The zero-order chi connectivity index (χ0) is 34.5. The van der Waals surface area contributed by atoms with Gasteiger partial charge in [-0.1, -0.05) is 149 Å². The highest BCUT2D eigenvalue weighted by Crippen LogP contribution is 2.21. The van der Waals surface area contributed by atoms with Gasteiger partial charge < -0.3 is 24.6 Å². The molecule has 0 aliphatic carbocycles. The molecule has 0 aliphatic heterocycles. The van der Waals surface area contributed by atoms with Crippen LogP contribution in [0.3, 0.4) is 0 Å². The van der Waals surface area contributed by atoms with Gasteiger partial charge in [0.05, 0.1) is 38.0 Å². The van der Waals surface area contributed by atoms with Gasteiger partial charge in [0, 0.05) is 31.1 Å². The van der Waals surface area contributed by atoms with Crippen LogP contribution in [-0.2, 0) is 14.4 Å². The van der Waals surface area contributed by atoms with E-state index in [-0.39, 0.29) is 0 Å². The molecule has 2 N–H and O–H groups in total. The highest BCUT2D eigenvalue weighted by atomic mass is 16.4. The van der Waals surface area contributed by atoms with Crippen molar-refractivity contribution >= 4 is 17.9 Å². The Kier molecular flexibility index (Phi) is 28.1. The van der Waals surface area contributed by atoms with Crippen molar-refractivity contribution < 1.29 is 34.2 Å². The first-order valence-electron chi connectivity index (χ1n) is 19.2. The third-order valence-corrected chi connectivity index (χ3v) is 9.99. The van der Waals surface area contributed by atoms with E-state index in [1.165, 1.54) is 116 Å². The summed E-state index contributed by atoms with van der Waals surface area (Å²) in [5.41, 5.74) is 0. The maximum atomic E-state index is 11.5. The Balaban J connectivity index is 4.35. The third kappa shape index (κ3) is 25.2. The lowest BCUT2D eigenvalue weighted by Crippen LogP contribution is -2.52. The molecule has 0 saturated heterocycles. The summed E-state index contributed by atoms with van der Waals surface area (Å²) >= 11 is 0. The minimum absolute atomic E-state index is 0.415. The standard InChI is InChI=1S/C39H73NO6/c1-5-6-7-8-9-10-11-12-13-14-15-16-17-18-19-20-21-22-23-24-25-26-30-40(31-27-34(2)37(41)42,32-28-35(3)38(43)44)33-29-36(4)39(45)46/h25-26,34-36H,5-24,27-33H2,1-4H3,(H2-,41,42,43,44,45,46)/b26-25+. The first-order chi connectivity index (χ1) is 22.0. The second-order valence-corrected chi connectivity index (χ2v) is 14.4. The SMILES string of the molecule is CCCCCCCCCCCCCCCCCCCCC/C=C/C[N+](CCC(C)C(=O)[O-])(CCC(C)C(=O)O)CCC(C)C(=O)O. The summed E-state index contributed by atoms with van der Waals surface area (Å²) in [7, 11) is 0. The van der Waals surface area contributed by atoms with E-state index < -0.39 is 35.7 Å². The predicted octanol–water partition coefficient (Wildman–Crippen LogP) is 9.18. The number of carboxylic acids is 3. The largest absolute Gasteiger partial charge is 0.550 e. The van der Waals surface area contributed by atoms with E-state index in [2.05, 4.69) is 19.1 Å². The quantitative estimate of drug-likeness (QED) is 0.0407. The number of carboxylic acid groups (broad SMARTS) is 3. The first kappa shape index (κ1) is 44.1.